The van der Waals surface area contributed by atoms with Crippen molar-refractivity contribution in [3.63, 3.8) is 0 Å². The third kappa shape index (κ3) is 2.96. The summed E-state index contributed by atoms with van der Waals surface area (Å²) >= 11 is 5.77. The number of anilines is 1. The lowest BCUT2D eigenvalue weighted by molar-refractivity contribution is 0.101. The van der Waals surface area contributed by atoms with Gasteiger partial charge in [0.1, 0.15) is 17.8 Å². The molecule has 0 aliphatic carbocycles. The number of halogens is 2. The van der Waals surface area contributed by atoms with Gasteiger partial charge in [0.15, 0.2) is 0 Å². The molecule has 3 aromatic rings. The second-order valence-electron chi connectivity index (χ2n) is 4.35. The molecule has 0 saturated heterocycles. The van der Waals surface area contributed by atoms with E-state index < -0.39 is 11.7 Å². The van der Waals surface area contributed by atoms with Gasteiger partial charge in [-0.3, -0.25) is 15.1 Å². The highest BCUT2D eigenvalue weighted by molar-refractivity contribution is 6.31. The molecule has 2 aromatic heterocycles. The van der Waals surface area contributed by atoms with E-state index in [9.17, 15) is 9.18 Å². The Morgan fingerprint density at radius 2 is 1.95 bits per heavy atom. The summed E-state index contributed by atoms with van der Waals surface area (Å²) < 4.78 is 18.1. The number of amides is 1. The van der Waals surface area contributed by atoms with E-state index in [4.69, 9.17) is 16.0 Å². The number of rotatable bonds is 3. The Labute approximate surface area is 129 Å². The Morgan fingerprint density at radius 1 is 1.14 bits per heavy atom. The van der Waals surface area contributed by atoms with E-state index in [1.54, 1.807) is 18.2 Å². The van der Waals surface area contributed by atoms with Gasteiger partial charge in [-0.05, 0) is 35.4 Å². The minimum Gasteiger partial charge on any atom is -0.432 e. The largest absolute Gasteiger partial charge is 0.432 e. The molecule has 1 N–H and O–H groups in total. The Hall–Kier alpha value is -2.73. The van der Waals surface area contributed by atoms with Crippen molar-refractivity contribution in [2.45, 2.75) is 0 Å². The summed E-state index contributed by atoms with van der Waals surface area (Å²) in [5.74, 6) is -0.959. The minimum absolute atomic E-state index is 0.0140. The summed E-state index contributed by atoms with van der Waals surface area (Å²) in [6.45, 7) is 0. The van der Waals surface area contributed by atoms with Crippen LogP contribution in [0.2, 0.25) is 5.02 Å². The molecule has 0 aliphatic heterocycles. The third-order valence-electron chi connectivity index (χ3n) is 2.90. The number of nitrogens with zero attached hydrogens (tertiary/aromatic N) is 2. The molecule has 0 bridgehead atoms. The Kier molecular flexibility index (Phi) is 3.84. The van der Waals surface area contributed by atoms with Crippen LogP contribution in [0, 0.1) is 5.82 Å². The second-order valence-corrected chi connectivity index (χ2v) is 4.76. The Morgan fingerprint density at radius 3 is 2.68 bits per heavy atom. The lowest BCUT2D eigenvalue weighted by Crippen LogP contribution is -2.13. The van der Waals surface area contributed by atoms with Crippen LogP contribution in [0.25, 0.3) is 11.1 Å². The zero-order chi connectivity index (χ0) is 15.5. The molecule has 7 heteroatoms. The van der Waals surface area contributed by atoms with Crippen LogP contribution in [0.4, 0.5) is 10.4 Å². The molecule has 3 rings (SSSR count). The third-order valence-corrected chi connectivity index (χ3v) is 3.19. The van der Waals surface area contributed by atoms with Crippen LogP contribution in [0.15, 0.2) is 53.4 Å². The van der Waals surface area contributed by atoms with Crippen LogP contribution in [0.5, 0.6) is 0 Å². The van der Waals surface area contributed by atoms with Crippen LogP contribution in [0.3, 0.4) is 0 Å². The zero-order valence-corrected chi connectivity index (χ0v) is 11.8. The maximum atomic E-state index is 13.2. The van der Waals surface area contributed by atoms with Crippen molar-refractivity contribution in [1.29, 1.82) is 0 Å². The molecule has 2 heterocycles. The van der Waals surface area contributed by atoms with Gasteiger partial charge in [-0.2, -0.15) is 0 Å². The molecular formula is C15H9ClFN3O2. The molecule has 0 radical (unpaired) electrons. The van der Waals surface area contributed by atoms with Gasteiger partial charge in [0.05, 0.1) is 11.2 Å². The minimum atomic E-state index is -0.499. The number of hydrogen-bond donors (Lipinski definition) is 1. The van der Waals surface area contributed by atoms with E-state index in [2.05, 4.69) is 15.3 Å². The summed E-state index contributed by atoms with van der Waals surface area (Å²) in [5, 5.41) is 2.49. The summed E-state index contributed by atoms with van der Waals surface area (Å²) in [6.07, 6.45) is 4.25. The number of pyridine rings is 1. The first-order chi connectivity index (χ1) is 10.6. The fourth-order valence-electron chi connectivity index (χ4n) is 1.86. The monoisotopic (exact) mass is 317 g/mol. The maximum absolute atomic E-state index is 13.2. The molecular weight excluding hydrogens is 309 g/mol. The van der Waals surface area contributed by atoms with Crippen LogP contribution < -0.4 is 5.32 Å². The molecule has 0 aliphatic rings. The van der Waals surface area contributed by atoms with Gasteiger partial charge in [-0.15, -0.1) is 0 Å². The average molecular weight is 318 g/mol. The van der Waals surface area contributed by atoms with Crippen molar-refractivity contribution in [3.8, 4) is 11.1 Å². The van der Waals surface area contributed by atoms with E-state index in [0.29, 0.717) is 11.1 Å². The number of hydrogen-bond acceptors (Lipinski definition) is 4. The molecule has 0 spiro atoms. The quantitative estimate of drug-likeness (QED) is 0.798. The van der Waals surface area contributed by atoms with Gasteiger partial charge in [-0.1, -0.05) is 17.7 Å². The van der Waals surface area contributed by atoms with Gasteiger partial charge in [0.25, 0.3) is 5.91 Å². The molecule has 0 fully saturated rings. The number of carbonyl (C=O) groups excluding carboxylic acids is 1. The molecule has 1 amide bonds. The van der Waals surface area contributed by atoms with Crippen molar-refractivity contribution in [2.24, 2.45) is 0 Å². The smallest absolute Gasteiger partial charge is 0.301 e. The topological polar surface area (TPSA) is 68.0 Å². The van der Waals surface area contributed by atoms with Crippen molar-refractivity contribution in [1.82, 2.24) is 9.97 Å². The van der Waals surface area contributed by atoms with Gasteiger partial charge >= 0.3 is 6.01 Å². The highest BCUT2D eigenvalue weighted by Gasteiger charge is 2.12. The summed E-state index contributed by atoms with van der Waals surface area (Å²) in [6, 6.07) is 7.69. The summed E-state index contributed by atoms with van der Waals surface area (Å²) in [5.41, 5.74) is 1.55. The van der Waals surface area contributed by atoms with E-state index in [-0.39, 0.29) is 16.7 Å². The normalized spacial score (nSPS) is 10.5. The van der Waals surface area contributed by atoms with Crippen molar-refractivity contribution < 1.29 is 13.6 Å². The van der Waals surface area contributed by atoms with Crippen molar-refractivity contribution in [2.75, 3.05) is 5.32 Å². The molecule has 0 atom stereocenters. The number of carbonyl (C=O) groups is 1. The zero-order valence-electron chi connectivity index (χ0n) is 11.1. The van der Waals surface area contributed by atoms with E-state index >= 15 is 0 Å². The standard InChI is InChI=1S/C15H9ClFN3O2/c16-11-7-9(1-2-12(11)17)10-3-4-18-13(8-10)14(21)20-15-19-5-6-22-15/h1-8H,(H,19,20,21). The second kappa shape index (κ2) is 5.95. The Bertz CT molecular complexity index is 821. The Balaban J connectivity index is 1.88. The molecule has 1 aromatic carbocycles. The highest BCUT2D eigenvalue weighted by Crippen LogP contribution is 2.25. The predicted octanol–water partition coefficient (Wildman–Crippen LogP) is 3.78. The lowest BCUT2D eigenvalue weighted by atomic mass is 10.1. The predicted molar refractivity (Wildman–Crippen MR) is 79.1 cm³/mol. The van der Waals surface area contributed by atoms with Gasteiger partial charge in [0.2, 0.25) is 0 Å². The van der Waals surface area contributed by atoms with Gasteiger partial charge in [0, 0.05) is 6.20 Å². The molecule has 22 heavy (non-hydrogen) atoms. The highest BCUT2D eigenvalue weighted by atomic mass is 35.5. The number of nitrogens with one attached hydrogen (secondary N) is 1. The van der Waals surface area contributed by atoms with Gasteiger partial charge in [-0.25, -0.2) is 9.37 Å². The first-order valence-electron chi connectivity index (χ1n) is 6.26. The summed E-state index contributed by atoms with van der Waals surface area (Å²) in [4.78, 5) is 19.9. The molecule has 5 nitrogen and oxygen atoms in total. The van der Waals surface area contributed by atoms with Crippen LogP contribution in [0.1, 0.15) is 10.5 Å². The fraction of sp³-hybridized carbons (Fsp3) is 0. The number of benzene rings is 1. The number of aromatic nitrogens is 2. The van der Waals surface area contributed by atoms with E-state index in [1.165, 1.54) is 30.8 Å². The van der Waals surface area contributed by atoms with Crippen LogP contribution >= 0.6 is 11.6 Å². The SMILES string of the molecule is O=C(Nc1ncco1)c1cc(-c2ccc(F)c(Cl)c2)ccn1. The van der Waals surface area contributed by atoms with Crippen LogP contribution in [-0.4, -0.2) is 15.9 Å². The molecule has 0 unspecified atom stereocenters. The maximum Gasteiger partial charge on any atom is 0.301 e. The van der Waals surface area contributed by atoms with E-state index in [0.717, 1.165) is 0 Å². The fourth-order valence-corrected chi connectivity index (χ4v) is 2.04. The first-order valence-corrected chi connectivity index (χ1v) is 6.63. The van der Waals surface area contributed by atoms with Crippen molar-refractivity contribution in [3.05, 3.63) is 65.5 Å². The van der Waals surface area contributed by atoms with Crippen molar-refractivity contribution >= 4 is 23.5 Å². The summed E-state index contributed by atoms with van der Waals surface area (Å²) in [7, 11) is 0. The first kappa shape index (κ1) is 14.2. The number of oxazole rings is 1. The van der Waals surface area contributed by atoms with Crippen LogP contribution in [-0.2, 0) is 0 Å². The van der Waals surface area contributed by atoms with E-state index in [1.807, 2.05) is 0 Å². The average Bonchev–Trinajstić information content (AvgIpc) is 3.03. The van der Waals surface area contributed by atoms with Gasteiger partial charge < -0.3 is 4.42 Å². The lowest BCUT2D eigenvalue weighted by Gasteiger charge is -2.05. The molecule has 110 valence electrons. The molecule has 0 saturated carbocycles.